The zero-order chi connectivity index (χ0) is 100. The van der Waals surface area contributed by atoms with Crippen LogP contribution in [0.2, 0.25) is 0 Å². The topological polar surface area (TPSA) is 16.3 Å². The second-order valence-corrected chi connectivity index (χ2v) is 52.3. The molecule has 4 nitrogen and oxygen atoms in total. The second kappa shape index (κ2) is 33.5. The summed E-state index contributed by atoms with van der Waals surface area (Å²) in [7, 11) is 0. The maximum absolute atomic E-state index is 10.7. The number of rotatable bonds is 15. The third-order valence-electron chi connectivity index (χ3n) is 26.9. The quantitative estimate of drug-likeness (QED) is 0.0951. The molecule has 0 spiro atoms. The average Bonchev–Trinajstić information content (AvgIpc) is 1.35. The van der Waals surface area contributed by atoms with Crippen molar-refractivity contribution in [1.82, 2.24) is 9.13 Å². The minimum atomic E-state index is -1.85. The van der Waals surface area contributed by atoms with E-state index in [9.17, 15) is 5.48 Å². The number of hydrogen-bond donors (Lipinski definition) is 0. The number of aromatic nitrogens is 2. The summed E-state index contributed by atoms with van der Waals surface area (Å²) < 4.78 is 48.1. The first-order valence-corrected chi connectivity index (χ1v) is 49.8. The van der Waals surface area contributed by atoms with Crippen molar-refractivity contribution in [3.63, 3.8) is 0 Å². The van der Waals surface area contributed by atoms with Crippen molar-refractivity contribution in [3.8, 4) is 55.9 Å². The van der Waals surface area contributed by atoms with E-state index in [2.05, 4.69) is 490 Å². The summed E-state index contributed by atoms with van der Waals surface area (Å²) in [5.74, 6) is 0. The van der Waals surface area contributed by atoms with Crippen LogP contribution in [0.1, 0.15) is 295 Å². The first-order chi connectivity index (χ1) is 63.8. The van der Waals surface area contributed by atoms with E-state index in [0.29, 0.717) is 17.5 Å². The summed E-state index contributed by atoms with van der Waals surface area (Å²) >= 11 is 0. The lowest BCUT2D eigenvalue weighted by Gasteiger charge is -2.46. The van der Waals surface area contributed by atoms with E-state index in [1.807, 2.05) is 0 Å². The largest absolute Gasteiger partial charge is 0.310 e. The molecule has 5 heteroatoms. The highest BCUT2D eigenvalue weighted by molar-refractivity contribution is 7.00. The van der Waals surface area contributed by atoms with Crippen LogP contribution in [0, 0.1) is 37.9 Å². The number of hydrogen-bond acceptors (Lipinski definition) is 2. The zero-order valence-corrected chi connectivity index (χ0v) is 87.5. The van der Waals surface area contributed by atoms with Gasteiger partial charge in [-0.05, 0) is 313 Å². The van der Waals surface area contributed by atoms with Gasteiger partial charge in [-0.3, -0.25) is 0 Å². The SMILES string of the molecule is [2H]C([2H])(c1cc(-c2cccc(C(C)(C)C)c2)c(N2c3cc(-n4c5ccc(CC(C)(C)C)cc5c5cc(CC(C)(C)C)ccc54)ccc3B3c4ccc(-n5c6ccc(CC(C)(C)C)cc6c6cc(CC(C)(C)C)ccc65)cc4N(c4c(-c5cccc(C(C)(C)C)c5)cc(C([2H])([2H])C(C)(C)C)cc4-c4cccc(C(C)(C)C)c4)c4cc(CC(C)(C)C)cc2c43)c(-c2cccc(C(C)(C)C)c2)c1)C(C)(C)C. The molecule has 0 unspecified atom stereocenters. The Morgan fingerprint density at radius 2 is 0.485 bits per heavy atom. The van der Waals surface area contributed by atoms with Gasteiger partial charge in [0.2, 0.25) is 0 Å². The molecule has 0 fully saturated rings. The Labute approximate surface area is 812 Å². The first-order valence-electron chi connectivity index (χ1n) is 51.8. The predicted octanol–water partition coefficient (Wildman–Crippen LogP) is 34.9. The minimum absolute atomic E-state index is 0.0464. The highest BCUT2D eigenvalue weighted by Gasteiger charge is 2.47. The summed E-state index contributed by atoms with van der Waals surface area (Å²) in [6.07, 6.45) is 0.711. The van der Waals surface area contributed by atoms with Gasteiger partial charge >= 0.3 is 0 Å². The molecular formula is C129H153BN4. The van der Waals surface area contributed by atoms with Gasteiger partial charge in [-0.1, -0.05) is 362 Å². The first kappa shape index (κ1) is 89.6. The Balaban J connectivity index is 1.12. The Morgan fingerprint density at radius 1 is 0.231 bits per heavy atom. The fourth-order valence-corrected chi connectivity index (χ4v) is 21.4. The molecule has 0 amide bonds. The molecule has 0 saturated heterocycles. The maximum Gasteiger partial charge on any atom is 0.252 e. The lowest BCUT2D eigenvalue weighted by atomic mass is 9.33. The molecule has 0 N–H and O–H groups in total. The van der Waals surface area contributed by atoms with Gasteiger partial charge in [-0.2, -0.15) is 0 Å². The Morgan fingerprint density at radius 3 is 0.724 bits per heavy atom. The van der Waals surface area contributed by atoms with Gasteiger partial charge in [0.25, 0.3) is 6.71 Å². The molecule has 13 aromatic carbocycles. The van der Waals surface area contributed by atoms with E-state index in [1.54, 1.807) is 0 Å². The van der Waals surface area contributed by atoms with E-state index in [1.165, 1.54) is 66.1 Å². The second-order valence-electron chi connectivity index (χ2n) is 52.3. The van der Waals surface area contributed by atoms with Crippen LogP contribution in [0.15, 0.2) is 243 Å². The Hall–Kier alpha value is -10.9. The van der Waals surface area contributed by atoms with Crippen molar-refractivity contribution in [1.29, 1.82) is 0 Å². The minimum Gasteiger partial charge on any atom is -0.310 e. The van der Waals surface area contributed by atoms with Crippen molar-refractivity contribution in [2.75, 3.05) is 9.80 Å². The smallest absolute Gasteiger partial charge is 0.252 e. The summed E-state index contributed by atoms with van der Waals surface area (Å²) in [4.78, 5) is 5.40. The van der Waals surface area contributed by atoms with Gasteiger partial charge in [0, 0.05) is 83.4 Å². The van der Waals surface area contributed by atoms with Gasteiger partial charge in [-0.25, -0.2) is 0 Å². The highest BCUT2D eigenvalue weighted by Crippen LogP contribution is 2.57. The van der Waals surface area contributed by atoms with Gasteiger partial charge in [0.05, 0.1) is 33.4 Å². The van der Waals surface area contributed by atoms with Crippen molar-refractivity contribution in [3.05, 3.63) is 304 Å². The molecule has 0 atom stereocenters. The highest BCUT2D eigenvalue weighted by atomic mass is 15.2. The van der Waals surface area contributed by atoms with Crippen molar-refractivity contribution < 1.29 is 5.48 Å². The molecule has 4 heterocycles. The maximum atomic E-state index is 10.7. The molecule has 692 valence electrons. The molecule has 17 rings (SSSR count). The molecule has 2 aliphatic heterocycles. The van der Waals surface area contributed by atoms with Crippen molar-refractivity contribution >= 4 is 101 Å². The van der Waals surface area contributed by atoms with Crippen LogP contribution in [0.4, 0.5) is 34.1 Å². The number of nitrogens with zero attached hydrogens (tertiary/aromatic N) is 4. The summed E-state index contributed by atoms with van der Waals surface area (Å²) in [5.41, 5.74) is 33.3. The van der Waals surface area contributed by atoms with Crippen LogP contribution < -0.4 is 26.2 Å². The summed E-state index contributed by atoms with van der Waals surface area (Å²) in [6.45, 7) is 74.9. The van der Waals surface area contributed by atoms with Crippen molar-refractivity contribution in [2.45, 2.75) is 295 Å². The molecule has 15 aromatic rings. The van der Waals surface area contributed by atoms with Crippen LogP contribution in [-0.2, 0) is 66.5 Å². The van der Waals surface area contributed by atoms with Gasteiger partial charge in [0.1, 0.15) is 0 Å². The van der Waals surface area contributed by atoms with Crippen LogP contribution in [0.25, 0.3) is 99.5 Å². The van der Waals surface area contributed by atoms with E-state index in [0.717, 1.165) is 160 Å². The fraction of sp³-hybridized carbons (Fsp3) is 0.395. The van der Waals surface area contributed by atoms with Crippen LogP contribution in [0.5, 0.6) is 0 Å². The molecular weight excluding hydrogens is 1620 g/mol. The molecule has 0 saturated carbocycles. The third kappa shape index (κ3) is 19.7. The van der Waals surface area contributed by atoms with Crippen LogP contribution >= 0.6 is 0 Å². The zero-order valence-electron chi connectivity index (χ0n) is 91.5. The Kier molecular flexibility index (Phi) is 22.4. The van der Waals surface area contributed by atoms with E-state index in [-0.39, 0.29) is 48.7 Å². The van der Waals surface area contributed by atoms with Crippen LogP contribution in [-0.4, -0.2) is 15.8 Å². The summed E-state index contributed by atoms with van der Waals surface area (Å²) in [5, 5.41) is 4.93. The summed E-state index contributed by atoms with van der Waals surface area (Å²) in [6, 6.07) is 95.0. The Bertz CT molecular complexity index is 6590. The third-order valence-corrected chi connectivity index (χ3v) is 26.9. The average molecular weight is 1770 g/mol. The standard InChI is InChI=1S/C129H153BN4/c1-119(2,3)74-81-46-54-108-102(58-81)103-59-82(75-120(4,5)6)47-55-109(103)131(108)96-50-52-106-112(72-96)133(117-98(88-38-34-42-92(68-88)126(22,23)24)62-85(78-123(13,14)15)63-99(117)89-39-35-43-93(69-89)127(25,26)27)114-66-87(80-125(19,20)21)67-115-116(114)130(106)107-53-51-97(132-110-56-48-83(76-121(7,8)9)60-104(110)105-61-84(49-57-111(105)132)77-122(10,11)12)73-113(107)134(115)118-100(90-40-36-44-94(70-90)128(28,29)30)64-86(79-124(16,17)18)65-101(118)91-41-37-45-95(71-91)129(31,32)33/h34-73H,74-80H2,1-33H3/i78D2,79D2. The molecule has 134 heavy (non-hydrogen) atoms. The van der Waals surface area contributed by atoms with Crippen molar-refractivity contribution in [2.24, 2.45) is 37.9 Å². The normalized spacial score (nSPS) is 14.5. The monoisotopic (exact) mass is 1770 g/mol. The van der Waals surface area contributed by atoms with Gasteiger partial charge < -0.3 is 18.9 Å². The molecule has 0 aliphatic carbocycles. The lowest BCUT2D eigenvalue weighted by molar-refractivity contribution is 0.411. The van der Waals surface area contributed by atoms with Gasteiger partial charge in [-0.15, -0.1) is 0 Å². The number of benzene rings is 13. The number of fused-ring (bicyclic) bond motifs is 10. The molecule has 0 radical (unpaired) electrons. The predicted molar refractivity (Wildman–Crippen MR) is 588 cm³/mol. The van der Waals surface area contributed by atoms with E-state index in [4.69, 9.17) is 0 Å². The number of anilines is 6. The molecule has 0 bridgehead atoms. The molecule has 2 aromatic heterocycles. The van der Waals surface area contributed by atoms with E-state index < -0.39 is 30.3 Å². The molecule has 2 aliphatic rings. The lowest BCUT2D eigenvalue weighted by Crippen LogP contribution is -2.61. The fourth-order valence-electron chi connectivity index (χ4n) is 21.4. The van der Waals surface area contributed by atoms with Crippen LogP contribution in [0.3, 0.4) is 0 Å². The van der Waals surface area contributed by atoms with E-state index >= 15 is 0 Å². The van der Waals surface area contributed by atoms with Gasteiger partial charge in [0.15, 0.2) is 0 Å².